The second-order valence-electron chi connectivity index (χ2n) is 11.5. The number of benzene rings is 1. The van der Waals surface area contributed by atoms with E-state index in [9.17, 15) is 9.90 Å². The standard InChI is InChI=1S/C29H43N3O4/c1-21-26(22(2)36-30-21)18-31-13-12-24-15-28(34)32(16-23-9-6-5-7-10-23)19-27(33)29(3,4)20-35-14-8-11-25(24)17-31/h5-7,9-10,24-25,27,33H,8,11-20H2,1-4H3/t24-,25-,27-/m0/s1. The largest absolute Gasteiger partial charge is 0.391 e. The number of nitrogens with zero attached hydrogens (tertiary/aromatic N) is 3. The molecule has 1 aromatic heterocycles. The Hall–Kier alpha value is -2.22. The summed E-state index contributed by atoms with van der Waals surface area (Å²) in [4.78, 5) is 18.1. The Bertz CT molecular complexity index is 970. The van der Waals surface area contributed by atoms with Gasteiger partial charge in [-0.05, 0) is 57.1 Å². The molecular formula is C29H43N3O4. The van der Waals surface area contributed by atoms with Gasteiger partial charge in [-0.15, -0.1) is 0 Å². The Morgan fingerprint density at radius 2 is 1.86 bits per heavy atom. The summed E-state index contributed by atoms with van der Waals surface area (Å²) in [5, 5.41) is 15.2. The normalized spacial score (nSPS) is 26.5. The van der Waals surface area contributed by atoms with E-state index < -0.39 is 11.5 Å². The first-order valence-corrected chi connectivity index (χ1v) is 13.4. The molecule has 198 valence electrons. The average molecular weight is 498 g/mol. The monoisotopic (exact) mass is 497 g/mol. The van der Waals surface area contributed by atoms with Crippen LogP contribution in [0.3, 0.4) is 0 Å². The Kier molecular flexibility index (Phi) is 8.86. The van der Waals surface area contributed by atoms with Crippen LogP contribution in [-0.2, 0) is 22.6 Å². The molecule has 2 aliphatic heterocycles. The van der Waals surface area contributed by atoms with E-state index >= 15 is 0 Å². The average Bonchev–Trinajstić information content (AvgIpc) is 3.17. The zero-order valence-corrected chi connectivity index (χ0v) is 22.4. The predicted molar refractivity (Wildman–Crippen MR) is 139 cm³/mol. The quantitative estimate of drug-likeness (QED) is 0.677. The molecule has 2 aromatic rings. The van der Waals surface area contributed by atoms with Crippen LogP contribution in [0.2, 0.25) is 0 Å². The number of fused-ring (bicyclic) bond motifs is 1. The Balaban J connectivity index is 1.50. The van der Waals surface area contributed by atoms with Gasteiger partial charge in [-0.2, -0.15) is 0 Å². The maximum absolute atomic E-state index is 13.7. The number of piperidine rings is 1. The van der Waals surface area contributed by atoms with E-state index in [1.54, 1.807) is 0 Å². The highest BCUT2D eigenvalue weighted by Gasteiger charge is 2.35. The lowest BCUT2D eigenvalue weighted by Gasteiger charge is -2.39. The molecule has 1 amide bonds. The van der Waals surface area contributed by atoms with Gasteiger partial charge in [0.15, 0.2) is 0 Å². The number of aliphatic hydroxyl groups is 1. The molecule has 0 spiro atoms. The zero-order valence-electron chi connectivity index (χ0n) is 22.4. The molecule has 7 heteroatoms. The number of β-amino-alcohol motifs (C(OH)–C–C–N with tert-alkyl or cyclic N) is 1. The maximum Gasteiger partial charge on any atom is 0.223 e. The van der Waals surface area contributed by atoms with E-state index in [2.05, 4.69) is 10.1 Å². The van der Waals surface area contributed by atoms with Crippen molar-refractivity contribution in [1.29, 1.82) is 0 Å². The molecular weight excluding hydrogens is 454 g/mol. The third kappa shape index (κ3) is 6.75. The Labute approximate surface area is 215 Å². The zero-order chi connectivity index (χ0) is 25.7. The summed E-state index contributed by atoms with van der Waals surface area (Å²) in [5.41, 5.74) is 2.80. The minimum Gasteiger partial charge on any atom is -0.391 e. The molecule has 36 heavy (non-hydrogen) atoms. The van der Waals surface area contributed by atoms with Crippen LogP contribution in [-0.4, -0.2) is 64.9 Å². The van der Waals surface area contributed by atoms with Gasteiger partial charge in [0.25, 0.3) is 0 Å². The molecule has 3 atom stereocenters. The summed E-state index contributed by atoms with van der Waals surface area (Å²) >= 11 is 0. The summed E-state index contributed by atoms with van der Waals surface area (Å²) < 4.78 is 11.4. The van der Waals surface area contributed by atoms with Crippen LogP contribution >= 0.6 is 0 Å². The number of amides is 1. The van der Waals surface area contributed by atoms with Crippen molar-refractivity contribution in [1.82, 2.24) is 15.0 Å². The molecule has 0 unspecified atom stereocenters. The summed E-state index contributed by atoms with van der Waals surface area (Å²) in [7, 11) is 0. The Morgan fingerprint density at radius 3 is 2.58 bits per heavy atom. The third-order valence-corrected chi connectivity index (χ3v) is 8.18. The molecule has 3 heterocycles. The van der Waals surface area contributed by atoms with Crippen LogP contribution in [0.25, 0.3) is 0 Å². The lowest BCUT2D eigenvalue weighted by atomic mass is 9.80. The topological polar surface area (TPSA) is 79.0 Å². The van der Waals surface area contributed by atoms with E-state index in [-0.39, 0.29) is 5.91 Å². The molecule has 7 nitrogen and oxygen atoms in total. The fourth-order valence-corrected chi connectivity index (χ4v) is 5.59. The predicted octanol–water partition coefficient (Wildman–Crippen LogP) is 4.35. The van der Waals surface area contributed by atoms with Crippen molar-refractivity contribution in [3.8, 4) is 0 Å². The van der Waals surface area contributed by atoms with Crippen molar-refractivity contribution in [2.45, 2.75) is 72.6 Å². The third-order valence-electron chi connectivity index (χ3n) is 8.18. The first-order chi connectivity index (χ1) is 17.2. The molecule has 2 fully saturated rings. The minimum absolute atomic E-state index is 0.142. The van der Waals surface area contributed by atoms with Crippen molar-refractivity contribution < 1.29 is 19.2 Å². The highest BCUT2D eigenvalue weighted by molar-refractivity contribution is 5.76. The number of likely N-dealkylation sites (tertiary alicyclic amines) is 1. The van der Waals surface area contributed by atoms with Crippen molar-refractivity contribution in [3.63, 3.8) is 0 Å². The van der Waals surface area contributed by atoms with E-state index in [4.69, 9.17) is 9.26 Å². The second-order valence-corrected chi connectivity index (χ2v) is 11.5. The summed E-state index contributed by atoms with van der Waals surface area (Å²) in [6.45, 7) is 12.8. The van der Waals surface area contributed by atoms with Crippen molar-refractivity contribution in [2.75, 3.05) is 32.8 Å². The molecule has 2 saturated heterocycles. The number of ether oxygens (including phenoxy) is 1. The van der Waals surface area contributed by atoms with Gasteiger partial charge in [0.1, 0.15) is 5.76 Å². The second kappa shape index (κ2) is 11.9. The maximum atomic E-state index is 13.7. The summed E-state index contributed by atoms with van der Waals surface area (Å²) in [6, 6.07) is 10.1. The van der Waals surface area contributed by atoms with Gasteiger partial charge in [-0.25, -0.2) is 0 Å². The number of hydrogen-bond donors (Lipinski definition) is 1. The molecule has 2 aliphatic rings. The Morgan fingerprint density at radius 1 is 1.08 bits per heavy atom. The lowest BCUT2D eigenvalue weighted by molar-refractivity contribution is -0.137. The van der Waals surface area contributed by atoms with E-state index in [0.717, 1.165) is 55.9 Å². The van der Waals surface area contributed by atoms with Crippen LogP contribution in [0, 0.1) is 31.1 Å². The van der Waals surface area contributed by atoms with Gasteiger partial charge >= 0.3 is 0 Å². The van der Waals surface area contributed by atoms with E-state index in [1.807, 2.05) is 62.9 Å². The molecule has 1 N–H and O–H groups in total. The molecule has 0 bridgehead atoms. The van der Waals surface area contributed by atoms with Gasteiger partial charge in [-0.1, -0.05) is 49.3 Å². The van der Waals surface area contributed by atoms with Crippen LogP contribution in [0.15, 0.2) is 34.9 Å². The van der Waals surface area contributed by atoms with Crippen LogP contribution < -0.4 is 0 Å². The highest BCUT2D eigenvalue weighted by atomic mass is 16.5. The SMILES string of the molecule is Cc1noc(C)c1CN1CC[C@H]2CC(=O)N(Cc3ccccc3)C[C@H](O)C(C)(C)COCCC[C@H]2C1. The van der Waals surface area contributed by atoms with Gasteiger partial charge in [0.2, 0.25) is 5.91 Å². The highest BCUT2D eigenvalue weighted by Crippen LogP contribution is 2.33. The first-order valence-electron chi connectivity index (χ1n) is 13.4. The van der Waals surface area contributed by atoms with Crippen molar-refractivity contribution in [2.24, 2.45) is 17.3 Å². The molecule has 4 rings (SSSR count). The van der Waals surface area contributed by atoms with Gasteiger partial charge in [-0.3, -0.25) is 9.69 Å². The van der Waals surface area contributed by atoms with Gasteiger partial charge in [0.05, 0.1) is 18.4 Å². The molecule has 0 aliphatic carbocycles. The first kappa shape index (κ1) is 26.8. The van der Waals surface area contributed by atoms with Crippen LogP contribution in [0.5, 0.6) is 0 Å². The number of carbonyl (C=O) groups excluding carboxylic acids is 1. The number of aryl methyl sites for hydroxylation is 2. The fraction of sp³-hybridized carbons (Fsp3) is 0.655. The van der Waals surface area contributed by atoms with Crippen molar-refractivity contribution in [3.05, 3.63) is 52.9 Å². The number of carbonyl (C=O) groups is 1. The number of aliphatic hydroxyl groups excluding tert-OH is 1. The van der Waals surface area contributed by atoms with E-state index in [1.165, 1.54) is 5.56 Å². The number of rotatable bonds is 4. The smallest absolute Gasteiger partial charge is 0.223 e. The number of hydrogen-bond acceptors (Lipinski definition) is 6. The summed E-state index contributed by atoms with van der Waals surface area (Å²) in [6.07, 6.45) is 2.88. The van der Waals surface area contributed by atoms with Gasteiger partial charge in [0, 0.05) is 50.2 Å². The molecule has 0 radical (unpaired) electrons. The minimum atomic E-state index is -0.654. The molecule has 0 saturated carbocycles. The van der Waals surface area contributed by atoms with Gasteiger partial charge < -0.3 is 19.3 Å². The van der Waals surface area contributed by atoms with E-state index in [0.29, 0.717) is 44.6 Å². The van der Waals surface area contributed by atoms with Crippen molar-refractivity contribution >= 4 is 5.91 Å². The van der Waals surface area contributed by atoms with Crippen LogP contribution in [0.4, 0.5) is 0 Å². The van der Waals surface area contributed by atoms with Crippen LogP contribution in [0.1, 0.15) is 62.1 Å². The number of aromatic nitrogens is 1. The lowest BCUT2D eigenvalue weighted by Crippen LogP contribution is -2.46. The summed E-state index contributed by atoms with van der Waals surface area (Å²) in [5.74, 6) is 1.81. The molecule has 1 aromatic carbocycles. The fourth-order valence-electron chi connectivity index (χ4n) is 5.59.